The van der Waals surface area contributed by atoms with E-state index in [9.17, 15) is 9.90 Å². The molecular weight excluding hydrogens is 438 g/mol. The normalized spacial score (nSPS) is 19.2. The molecule has 34 heavy (non-hydrogen) atoms. The summed E-state index contributed by atoms with van der Waals surface area (Å²) in [7, 11) is 4.65. The lowest BCUT2D eigenvalue weighted by atomic mass is 9.78. The van der Waals surface area contributed by atoms with E-state index < -0.39 is 6.04 Å². The SMILES string of the molecule is COc1ccc(C2C3=C(CC(c4ccc(OC)c(OC)c4)CC3=O)Nc3nc(N)nn32)cc1O. The first-order chi connectivity index (χ1) is 16.4. The zero-order valence-electron chi connectivity index (χ0n) is 19.0. The van der Waals surface area contributed by atoms with Gasteiger partial charge in [0.1, 0.15) is 6.04 Å². The third-order valence-electron chi connectivity index (χ3n) is 6.33. The molecule has 2 unspecified atom stereocenters. The number of fused-ring (bicyclic) bond motifs is 1. The first-order valence-electron chi connectivity index (χ1n) is 10.8. The highest BCUT2D eigenvalue weighted by molar-refractivity contribution is 6.00. The molecule has 2 heterocycles. The molecule has 0 bridgehead atoms. The molecule has 0 fully saturated rings. The van der Waals surface area contributed by atoms with Crippen molar-refractivity contribution in [1.82, 2.24) is 14.8 Å². The Labute approximate surface area is 196 Å². The van der Waals surface area contributed by atoms with Crippen molar-refractivity contribution in [3.8, 4) is 23.0 Å². The lowest BCUT2D eigenvalue weighted by Gasteiger charge is -2.35. The van der Waals surface area contributed by atoms with Gasteiger partial charge < -0.3 is 30.4 Å². The summed E-state index contributed by atoms with van der Waals surface area (Å²) in [5.41, 5.74) is 8.89. The quantitative estimate of drug-likeness (QED) is 0.522. The minimum absolute atomic E-state index is 0.0198. The number of carbonyl (C=O) groups is 1. The summed E-state index contributed by atoms with van der Waals surface area (Å²) in [6.45, 7) is 0. The molecule has 10 heteroatoms. The maximum Gasteiger partial charge on any atom is 0.241 e. The summed E-state index contributed by atoms with van der Waals surface area (Å²) in [6.07, 6.45) is 0.899. The Kier molecular flexibility index (Phi) is 5.27. The number of aromatic nitrogens is 3. The van der Waals surface area contributed by atoms with Gasteiger partial charge in [-0.15, -0.1) is 5.10 Å². The second kappa shape index (κ2) is 8.29. The molecule has 4 N–H and O–H groups in total. The number of ketones is 1. The topological polar surface area (TPSA) is 134 Å². The number of benzene rings is 2. The number of anilines is 2. The molecule has 0 amide bonds. The number of rotatable bonds is 5. The van der Waals surface area contributed by atoms with Crippen LogP contribution in [-0.4, -0.2) is 47.0 Å². The second-order valence-corrected chi connectivity index (χ2v) is 8.23. The average molecular weight is 463 g/mol. The number of nitrogens with one attached hydrogen (secondary N) is 1. The van der Waals surface area contributed by atoms with E-state index in [1.54, 1.807) is 37.1 Å². The molecule has 2 atom stereocenters. The molecule has 5 rings (SSSR count). The molecule has 2 aliphatic rings. The zero-order valence-corrected chi connectivity index (χ0v) is 19.0. The highest BCUT2D eigenvalue weighted by Gasteiger charge is 2.40. The maximum atomic E-state index is 13.6. The summed E-state index contributed by atoms with van der Waals surface area (Å²) >= 11 is 0. The van der Waals surface area contributed by atoms with Crippen LogP contribution in [0.25, 0.3) is 0 Å². The molecule has 3 aromatic rings. The summed E-state index contributed by atoms with van der Waals surface area (Å²) in [4.78, 5) is 17.9. The predicted molar refractivity (Wildman–Crippen MR) is 124 cm³/mol. The number of aromatic hydroxyl groups is 1. The fourth-order valence-electron chi connectivity index (χ4n) is 4.76. The van der Waals surface area contributed by atoms with Crippen molar-refractivity contribution in [3.63, 3.8) is 0 Å². The number of hydrogen-bond acceptors (Lipinski definition) is 9. The monoisotopic (exact) mass is 463 g/mol. The molecule has 0 spiro atoms. The minimum Gasteiger partial charge on any atom is -0.504 e. The number of nitrogens with two attached hydrogens (primary N) is 1. The van der Waals surface area contributed by atoms with Gasteiger partial charge in [-0.2, -0.15) is 4.98 Å². The van der Waals surface area contributed by atoms with Crippen molar-refractivity contribution >= 4 is 17.7 Å². The van der Waals surface area contributed by atoms with Crippen LogP contribution in [-0.2, 0) is 4.79 Å². The van der Waals surface area contributed by atoms with E-state index >= 15 is 0 Å². The molecular formula is C24H25N5O5. The van der Waals surface area contributed by atoms with E-state index in [0.717, 1.165) is 11.3 Å². The van der Waals surface area contributed by atoms with Gasteiger partial charge >= 0.3 is 0 Å². The van der Waals surface area contributed by atoms with Gasteiger partial charge in [0.25, 0.3) is 0 Å². The van der Waals surface area contributed by atoms with E-state index in [4.69, 9.17) is 19.9 Å². The average Bonchev–Trinajstić information content (AvgIpc) is 3.21. The van der Waals surface area contributed by atoms with Crippen molar-refractivity contribution < 1.29 is 24.1 Å². The largest absolute Gasteiger partial charge is 0.504 e. The second-order valence-electron chi connectivity index (χ2n) is 8.23. The molecule has 2 aromatic carbocycles. The Morgan fingerprint density at radius 1 is 1.00 bits per heavy atom. The molecule has 0 radical (unpaired) electrons. The van der Waals surface area contributed by atoms with Crippen LogP contribution in [0.1, 0.15) is 35.9 Å². The van der Waals surface area contributed by atoms with Crippen molar-refractivity contribution in [2.45, 2.75) is 24.8 Å². The van der Waals surface area contributed by atoms with E-state index in [-0.39, 0.29) is 23.4 Å². The van der Waals surface area contributed by atoms with Gasteiger partial charge in [0, 0.05) is 17.7 Å². The molecule has 0 saturated carbocycles. The van der Waals surface area contributed by atoms with Crippen LogP contribution in [0.3, 0.4) is 0 Å². The number of allylic oxidation sites excluding steroid dienone is 2. The van der Waals surface area contributed by atoms with Crippen LogP contribution in [0.15, 0.2) is 47.7 Å². The number of nitrogen functional groups attached to an aromatic ring is 1. The predicted octanol–water partition coefficient (Wildman–Crippen LogP) is 3.01. The summed E-state index contributed by atoms with van der Waals surface area (Å²) in [6, 6.07) is 10.2. The molecule has 1 aliphatic carbocycles. The van der Waals surface area contributed by atoms with Crippen molar-refractivity contribution in [3.05, 3.63) is 58.8 Å². The van der Waals surface area contributed by atoms with Gasteiger partial charge in [-0.3, -0.25) is 4.79 Å². The van der Waals surface area contributed by atoms with Crippen LogP contribution >= 0.6 is 0 Å². The third kappa shape index (κ3) is 3.47. The standard InChI is InChI=1S/C24H25N5O5/c1-32-18-6-5-13(9-16(18)30)22-21-15(26-24-27-23(25)28-29(22)24)8-14(10-17(21)31)12-4-7-19(33-2)20(11-12)34-3/h4-7,9,11,14,22,30H,8,10H2,1-3H3,(H3,25,26,27,28). The lowest BCUT2D eigenvalue weighted by molar-refractivity contribution is -0.116. The number of nitrogens with zero attached hydrogens (tertiary/aromatic N) is 3. The van der Waals surface area contributed by atoms with Crippen molar-refractivity contribution in [1.29, 1.82) is 0 Å². The Morgan fingerprint density at radius 3 is 2.41 bits per heavy atom. The van der Waals surface area contributed by atoms with Crippen LogP contribution in [0.2, 0.25) is 0 Å². The number of hydrogen-bond donors (Lipinski definition) is 3. The molecule has 176 valence electrons. The zero-order chi connectivity index (χ0) is 24.0. The van der Waals surface area contributed by atoms with Gasteiger partial charge in [-0.25, -0.2) is 4.68 Å². The van der Waals surface area contributed by atoms with Gasteiger partial charge in [-0.05, 0) is 47.7 Å². The Hall–Kier alpha value is -4.21. The number of methoxy groups -OCH3 is 3. The smallest absolute Gasteiger partial charge is 0.241 e. The first-order valence-corrected chi connectivity index (χ1v) is 10.8. The van der Waals surface area contributed by atoms with Crippen LogP contribution in [0, 0.1) is 0 Å². The number of carbonyl (C=O) groups excluding carboxylic acids is 1. The fourth-order valence-corrected chi connectivity index (χ4v) is 4.76. The lowest BCUT2D eigenvalue weighted by Crippen LogP contribution is -2.33. The molecule has 1 aliphatic heterocycles. The van der Waals surface area contributed by atoms with Crippen molar-refractivity contribution in [2.24, 2.45) is 0 Å². The molecule has 10 nitrogen and oxygen atoms in total. The highest BCUT2D eigenvalue weighted by atomic mass is 16.5. The Bertz CT molecular complexity index is 1320. The molecule has 1 aromatic heterocycles. The maximum absolute atomic E-state index is 13.6. The Morgan fingerprint density at radius 2 is 1.71 bits per heavy atom. The van der Waals surface area contributed by atoms with Crippen LogP contribution in [0.5, 0.6) is 23.0 Å². The number of phenols is 1. The minimum atomic E-state index is -0.577. The Balaban J connectivity index is 1.58. The number of phenolic OH excluding ortho intramolecular Hbond substituents is 1. The van der Waals surface area contributed by atoms with Gasteiger partial charge in [-0.1, -0.05) is 12.1 Å². The van der Waals surface area contributed by atoms with Crippen LogP contribution in [0.4, 0.5) is 11.9 Å². The molecule has 0 saturated heterocycles. The van der Waals surface area contributed by atoms with Gasteiger partial charge in [0.2, 0.25) is 11.9 Å². The van der Waals surface area contributed by atoms with E-state index in [0.29, 0.717) is 47.2 Å². The first kappa shape index (κ1) is 21.6. The van der Waals surface area contributed by atoms with Crippen molar-refractivity contribution in [2.75, 3.05) is 32.4 Å². The summed E-state index contributed by atoms with van der Waals surface area (Å²) in [5, 5.41) is 18.0. The van der Waals surface area contributed by atoms with E-state index in [2.05, 4.69) is 15.4 Å². The van der Waals surface area contributed by atoms with E-state index in [1.807, 2.05) is 18.2 Å². The van der Waals surface area contributed by atoms with Crippen LogP contribution < -0.4 is 25.3 Å². The summed E-state index contributed by atoms with van der Waals surface area (Å²) < 4.78 is 17.6. The van der Waals surface area contributed by atoms with Gasteiger partial charge in [0.05, 0.1) is 21.3 Å². The van der Waals surface area contributed by atoms with Gasteiger partial charge in [0.15, 0.2) is 28.8 Å². The summed E-state index contributed by atoms with van der Waals surface area (Å²) in [5.74, 6) is 2.01. The highest BCUT2D eigenvalue weighted by Crippen LogP contribution is 2.46. The number of ether oxygens (including phenoxy) is 3. The third-order valence-corrected chi connectivity index (χ3v) is 6.33. The number of Topliss-reactive ketones (excluding diaryl/α,β-unsaturated/α-hetero) is 1. The fraction of sp³-hybridized carbons (Fsp3) is 0.292. The van der Waals surface area contributed by atoms with E-state index in [1.165, 1.54) is 7.11 Å².